The smallest absolute Gasteiger partial charge is 0.257 e. The van der Waals surface area contributed by atoms with Crippen molar-refractivity contribution in [2.75, 3.05) is 19.6 Å². The molecule has 1 saturated heterocycles. The van der Waals surface area contributed by atoms with Crippen molar-refractivity contribution in [2.45, 2.75) is 32.2 Å². The lowest BCUT2D eigenvalue weighted by Crippen LogP contribution is -2.49. The molecule has 1 aromatic carbocycles. The second kappa shape index (κ2) is 6.79. The quantitative estimate of drug-likeness (QED) is 0.920. The van der Waals surface area contributed by atoms with E-state index in [1.807, 2.05) is 6.92 Å². The van der Waals surface area contributed by atoms with Crippen molar-refractivity contribution < 1.29 is 13.6 Å². The van der Waals surface area contributed by atoms with Crippen LogP contribution >= 0.6 is 0 Å². The minimum Gasteiger partial charge on any atom is -0.334 e. The van der Waals surface area contributed by atoms with Crippen LogP contribution in [0, 0.1) is 11.6 Å². The maximum atomic E-state index is 13.8. The molecule has 0 saturated carbocycles. The Hall–Kier alpha value is -1.49. The number of carbonyl (C=O) groups is 1. The van der Waals surface area contributed by atoms with Crippen LogP contribution in [-0.2, 0) is 0 Å². The molecular formula is C15H20F2N2O. The molecule has 1 unspecified atom stereocenters. The lowest BCUT2D eigenvalue weighted by Gasteiger charge is -2.34. The standard InChI is InChI=1S/C15H20F2N2O/c1-2-8-19(12-4-3-7-18-10-12)15(20)13-6-5-11(16)9-14(13)17/h5-6,9,12,18H,2-4,7-8,10H2,1H3. The summed E-state index contributed by atoms with van der Waals surface area (Å²) in [6.45, 7) is 4.25. The van der Waals surface area contributed by atoms with Crippen molar-refractivity contribution in [3.05, 3.63) is 35.4 Å². The molecule has 0 aliphatic carbocycles. The van der Waals surface area contributed by atoms with Crippen LogP contribution in [0.15, 0.2) is 18.2 Å². The van der Waals surface area contributed by atoms with Gasteiger partial charge in [0.15, 0.2) is 0 Å². The minimum atomic E-state index is -0.792. The Balaban J connectivity index is 2.21. The number of hydrogen-bond acceptors (Lipinski definition) is 2. The average molecular weight is 282 g/mol. The summed E-state index contributed by atoms with van der Waals surface area (Å²) in [6.07, 6.45) is 2.73. The van der Waals surface area contributed by atoms with Crippen molar-refractivity contribution >= 4 is 5.91 Å². The zero-order chi connectivity index (χ0) is 14.5. The molecule has 0 radical (unpaired) electrons. The van der Waals surface area contributed by atoms with E-state index in [0.717, 1.165) is 44.5 Å². The molecule has 0 bridgehead atoms. The van der Waals surface area contributed by atoms with Gasteiger partial charge < -0.3 is 10.2 Å². The highest BCUT2D eigenvalue weighted by atomic mass is 19.1. The highest BCUT2D eigenvalue weighted by Crippen LogP contribution is 2.17. The number of halogens is 2. The van der Waals surface area contributed by atoms with Crippen molar-refractivity contribution in [3.8, 4) is 0 Å². The van der Waals surface area contributed by atoms with Gasteiger partial charge in [0.25, 0.3) is 5.91 Å². The van der Waals surface area contributed by atoms with Crippen LogP contribution in [0.2, 0.25) is 0 Å². The number of carbonyl (C=O) groups excluding carboxylic acids is 1. The molecule has 20 heavy (non-hydrogen) atoms. The first-order valence-electron chi connectivity index (χ1n) is 7.10. The van der Waals surface area contributed by atoms with Gasteiger partial charge in [0.1, 0.15) is 11.6 Å². The fourth-order valence-electron chi connectivity index (χ4n) is 2.61. The third kappa shape index (κ3) is 3.33. The molecule has 110 valence electrons. The molecule has 1 N–H and O–H groups in total. The van der Waals surface area contributed by atoms with Crippen LogP contribution < -0.4 is 5.32 Å². The van der Waals surface area contributed by atoms with Gasteiger partial charge in [0.05, 0.1) is 5.56 Å². The Morgan fingerprint density at radius 1 is 1.45 bits per heavy atom. The maximum absolute atomic E-state index is 13.8. The molecule has 1 aliphatic heterocycles. The fraction of sp³-hybridized carbons (Fsp3) is 0.533. The molecule has 0 spiro atoms. The molecular weight excluding hydrogens is 262 g/mol. The molecule has 1 amide bonds. The van der Waals surface area contributed by atoms with Gasteiger partial charge in [-0.25, -0.2) is 8.78 Å². The predicted molar refractivity (Wildman–Crippen MR) is 73.6 cm³/mol. The van der Waals surface area contributed by atoms with Gasteiger partial charge >= 0.3 is 0 Å². The summed E-state index contributed by atoms with van der Waals surface area (Å²) in [6, 6.07) is 3.20. The van der Waals surface area contributed by atoms with Crippen LogP contribution in [0.4, 0.5) is 8.78 Å². The van der Waals surface area contributed by atoms with Crippen LogP contribution in [0.1, 0.15) is 36.5 Å². The number of nitrogens with zero attached hydrogens (tertiary/aromatic N) is 1. The van der Waals surface area contributed by atoms with E-state index < -0.39 is 11.6 Å². The van der Waals surface area contributed by atoms with E-state index in [2.05, 4.69) is 5.32 Å². The summed E-state index contributed by atoms with van der Waals surface area (Å²) < 4.78 is 26.7. The van der Waals surface area contributed by atoms with Gasteiger partial charge in [0.2, 0.25) is 0 Å². The van der Waals surface area contributed by atoms with Gasteiger partial charge in [-0.1, -0.05) is 6.92 Å². The van der Waals surface area contributed by atoms with E-state index in [9.17, 15) is 13.6 Å². The molecule has 5 heteroatoms. The lowest BCUT2D eigenvalue weighted by molar-refractivity contribution is 0.0644. The van der Waals surface area contributed by atoms with E-state index in [-0.39, 0.29) is 17.5 Å². The number of nitrogens with one attached hydrogen (secondary N) is 1. The lowest BCUT2D eigenvalue weighted by atomic mass is 10.0. The molecule has 1 aliphatic rings. The number of rotatable bonds is 4. The van der Waals surface area contributed by atoms with Gasteiger partial charge in [-0.3, -0.25) is 4.79 Å². The normalized spacial score (nSPS) is 18.9. The van der Waals surface area contributed by atoms with Crippen molar-refractivity contribution in [3.63, 3.8) is 0 Å². The Kier molecular flexibility index (Phi) is 5.06. The number of benzene rings is 1. The number of amides is 1. The first kappa shape index (κ1) is 14.9. The zero-order valence-electron chi connectivity index (χ0n) is 11.7. The maximum Gasteiger partial charge on any atom is 0.257 e. The molecule has 1 aromatic rings. The summed E-state index contributed by atoms with van der Waals surface area (Å²) >= 11 is 0. The van der Waals surface area contributed by atoms with Gasteiger partial charge in [-0.2, -0.15) is 0 Å². The predicted octanol–water partition coefficient (Wildman–Crippen LogP) is 2.57. The Morgan fingerprint density at radius 2 is 2.25 bits per heavy atom. The molecule has 3 nitrogen and oxygen atoms in total. The molecule has 2 rings (SSSR count). The Morgan fingerprint density at radius 3 is 2.85 bits per heavy atom. The molecule has 1 atom stereocenters. The average Bonchev–Trinajstić information content (AvgIpc) is 2.45. The van der Waals surface area contributed by atoms with Crippen LogP contribution in [0.25, 0.3) is 0 Å². The number of hydrogen-bond donors (Lipinski definition) is 1. The zero-order valence-corrected chi connectivity index (χ0v) is 11.7. The monoisotopic (exact) mass is 282 g/mol. The minimum absolute atomic E-state index is 0.0505. The van der Waals surface area contributed by atoms with Crippen LogP contribution in [-0.4, -0.2) is 36.5 Å². The highest BCUT2D eigenvalue weighted by molar-refractivity contribution is 5.94. The van der Waals surface area contributed by atoms with Gasteiger partial charge in [-0.05, 0) is 37.9 Å². The van der Waals surface area contributed by atoms with E-state index in [1.54, 1.807) is 4.90 Å². The first-order valence-corrected chi connectivity index (χ1v) is 7.10. The highest BCUT2D eigenvalue weighted by Gasteiger charge is 2.27. The summed E-state index contributed by atoms with van der Waals surface area (Å²) in [5, 5.41) is 3.26. The van der Waals surface area contributed by atoms with Crippen molar-refractivity contribution in [2.24, 2.45) is 0 Å². The molecule has 1 fully saturated rings. The van der Waals surface area contributed by atoms with E-state index in [0.29, 0.717) is 6.54 Å². The summed E-state index contributed by atoms with van der Waals surface area (Å²) in [5.41, 5.74) is -0.0505. The second-order valence-electron chi connectivity index (χ2n) is 5.12. The van der Waals surface area contributed by atoms with Gasteiger partial charge in [0, 0.05) is 25.2 Å². The summed E-state index contributed by atoms with van der Waals surface area (Å²) in [7, 11) is 0. The summed E-state index contributed by atoms with van der Waals surface area (Å²) in [4.78, 5) is 14.2. The third-order valence-corrected chi connectivity index (χ3v) is 3.60. The van der Waals surface area contributed by atoms with Crippen molar-refractivity contribution in [1.29, 1.82) is 0 Å². The van der Waals surface area contributed by atoms with Gasteiger partial charge in [-0.15, -0.1) is 0 Å². The first-order chi connectivity index (χ1) is 9.63. The van der Waals surface area contributed by atoms with E-state index in [4.69, 9.17) is 0 Å². The SMILES string of the molecule is CCCN(C(=O)c1ccc(F)cc1F)C1CCCNC1. The second-order valence-corrected chi connectivity index (χ2v) is 5.12. The fourth-order valence-corrected chi connectivity index (χ4v) is 2.61. The number of piperidine rings is 1. The molecule has 0 aromatic heterocycles. The largest absolute Gasteiger partial charge is 0.334 e. The molecule has 1 heterocycles. The van der Waals surface area contributed by atoms with E-state index >= 15 is 0 Å². The van der Waals surface area contributed by atoms with E-state index in [1.165, 1.54) is 6.07 Å². The Labute approximate surface area is 118 Å². The third-order valence-electron chi connectivity index (χ3n) is 3.60. The summed E-state index contributed by atoms with van der Waals surface area (Å²) in [5.74, 6) is -1.81. The Bertz CT molecular complexity index is 473. The van der Waals surface area contributed by atoms with Crippen LogP contribution in [0.5, 0.6) is 0 Å². The van der Waals surface area contributed by atoms with Crippen LogP contribution in [0.3, 0.4) is 0 Å². The topological polar surface area (TPSA) is 32.3 Å². The van der Waals surface area contributed by atoms with Crippen molar-refractivity contribution in [1.82, 2.24) is 10.2 Å².